The topological polar surface area (TPSA) is 110 Å². The van der Waals surface area contributed by atoms with E-state index in [-0.39, 0.29) is 22.5 Å². The molecule has 2 aromatic carbocycles. The fourth-order valence-electron chi connectivity index (χ4n) is 1.99. The minimum absolute atomic E-state index is 0.0204. The van der Waals surface area contributed by atoms with Gasteiger partial charge in [0.05, 0.1) is 23.8 Å². The van der Waals surface area contributed by atoms with Gasteiger partial charge >= 0.3 is 11.8 Å². The molecule has 0 spiro atoms. The number of nitro groups is 1. The number of ether oxygens (including phenoxy) is 2. The molecule has 0 saturated heterocycles. The minimum atomic E-state index is -0.696. The van der Waals surface area contributed by atoms with Crippen molar-refractivity contribution in [2.24, 2.45) is 0 Å². The Hall–Kier alpha value is -3.33. The molecule has 0 aliphatic rings. The Bertz CT molecular complexity index is 980. The number of rotatable bonds is 5. The third-order valence-electron chi connectivity index (χ3n) is 3.14. The maximum Gasteiger partial charge on any atom is 0.444 e. The quantitative estimate of drug-likeness (QED) is 0.505. The number of nitro benzene ring substituents is 1. The van der Waals surface area contributed by atoms with Gasteiger partial charge in [-0.25, -0.2) is 4.79 Å². The number of benzene rings is 2. The second-order valence-electron chi connectivity index (χ2n) is 4.72. The SMILES string of the molecule is COc1nn(-c2ccc(Oc3ccc(Cl)c([N+](=O)[O-])c3)cc2)c(=O)o1. The monoisotopic (exact) mass is 363 g/mol. The van der Waals surface area contributed by atoms with Crippen LogP contribution in [0, 0.1) is 10.1 Å². The Morgan fingerprint density at radius 2 is 1.88 bits per heavy atom. The first-order valence-electron chi connectivity index (χ1n) is 6.84. The van der Waals surface area contributed by atoms with Crippen LogP contribution in [0.2, 0.25) is 5.02 Å². The van der Waals surface area contributed by atoms with Gasteiger partial charge in [0.15, 0.2) is 0 Å². The normalized spacial score (nSPS) is 10.5. The van der Waals surface area contributed by atoms with Gasteiger partial charge in [-0.1, -0.05) is 16.7 Å². The van der Waals surface area contributed by atoms with Crippen molar-refractivity contribution in [1.29, 1.82) is 0 Å². The largest absolute Gasteiger partial charge is 0.457 e. The van der Waals surface area contributed by atoms with Crippen LogP contribution in [0.4, 0.5) is 5.69 Å². The van der Waals surface area contributed by atoms with Gasteiger partial charge in [-0.3, -0.25) is 10.1 Å². The highest BCUT2D eigenvalue weighted by molar-refractivity contribution is 6.32. The summed E-state index contributed by atoms with van der Waals surface area (Å²) >= 11 is 5.76. The lowest BCUT2D eigenvalue weighted by Crippen LogP contribution is -2.13. The summed E-state index contributed by atoms with van der Waals surface area (Å²) < 4.78 is 16.1. The van der Waals surface area contributed by atoms with Crippen molar-refractivity contribution in [2.75, 3.05) is 7.11 Å². The summed E-state index contributed by atoms with van der Waals surface area (Å²) in [6, 6.07) is 10.4. The van der Waals surface area contributed by atoms with Crippen LogP contribution in [0.15, 0.2) is 51.7 Å². The van der Waals surface area contributed by atoms with Crippen molar-refractivity contribution >= 4 is 17.3 Å². The highest BCUT2D eigenvalue weighted by Gasteiger charge is 2.14. The van der Waals surface area contributed by atoms with Gasteiger partial charge in [0.2, 0.25) is 0 Å². The van der Waals surface area contributed by atoms with Crippen LogP contribution in [0.1, 0.15) is 0 Å². The summed E-state index contributed by atoms with van der Waals surface area (Å²) in [5, 5.41) is 14.8. The Morgan fingerprint density at radius 3 is 2.48 bits per heavy atom. The molecule has 0 atom stereocenters. The molecule has 0 bridgehead atoms. The third kappa shape index (κ3) is 3.45. The average Bonchev–Trinajstić information content (AvgIpc) is 2.98. The van der Waals surface area contributed by atoms with Crippen molar-refractivity contribution in [3.05, 3.63) is 68.2 Å². The summed E-state index contributed by atoms with van der Waals surface area (Å²) in [6.07, 6.45) is -0.154. The molecule has 3 rings (SSSR count). The predicted octanol–water partition coefficient (Wildman–Crippen LogP) is 3.19. The summed E-state index contributed by atoms with van der Waals surface area (Å²) in [4.78, 5) is 22.0. The third-order valence-corrected chi connectivity index (χ3v) is 3.45. The van der Waals surface area contributed by atoms with Crippen molar-refractivity contribution in [1.82, 2.24) is 9.78 Å². The molecule has 0 radical (unpaired) electrons. The van der Waals surface area contributed by atoms with Crippen LogP contribution in [-0.2, 0) is 0 Å². The van der Waals surface area contributed by atoms with E-state index >= 15 is 0 Å². The van der Waals surface area contributed by atoms with Crippen LogP contribution in [0.25, 0.3) is 5.69 Å². The van der Waals surface area contributed by atoms with Gasteiger partial charge in [-0.2, -0.15) is 4.68 Å². The van der Waals surface area contributed by atoms with Gasteiger partial charge < -0.3 is 13.9 Å². The first kappa shape index (κ1) is 16.5. The average molecular weight is 364 g/mol. The molecule has 1 heterocycles. The molecule has 0 fully saturated rings. The van der Waals surface area contributed by atoms with Crippen LogP contribution < -0.4 is 15.2 Å². The summed E-state index contributed by atoms with van der Waals surface area (Å²) in [5.41, 5.74) is 0.184. The van der Waals surface area contributed by atoms with E-state index in [4.69, 9.17) is 25.5 Å². The van der Waals surface area contributed by atoms with Gasteiger partial charge in [0, 0.05) is 0 Å². The Balaban J connectivity index is 1.83. The van der Waals surface area contributed by atoms with Crippen LogP contribution >= 0.6 is 11.6 Å². The molecule has 128 valence electrons. The Labute approximate surface area is 145 Å². The molecule has 0 aliphatic heterocycles. The van der Waals surface area contributed by atoms with E-state index in [0.29, 0.717) is 11.4 Å². The summed E-state index contributed by atoms with van der Waals surface area (Å²) in [7, 11) is 1.33. The van der Waals surface area contributed by atoms with E-state index in [2.05, 4.69) is 5.10 Å². The van der Waals surface area contributed by atoms with Gasteiger partial charge in [-0.15, -0.1) is 0 Å². The zero-order valence-corrected chi connectivity index (χ0v) is 13.5. The maximum atomic E-state index is 11.7. The highest BCUT2D eigenvalue weighted by Crippen LogP contribution is 2.31. The number of halogens is 1. The second kappa shape index (κ2) is 6.65. The van der Waals surface area contributed by atoms with E-state index in [9.17, 15) is 14.9 Å². The Morgan fingerprint density at radius 1 is 1.20 bits per heavy atom. The standard InChI is InChI=1S/C15H10ClN3O6/c1-23-14-17-18(15(20)25-14)9-2-4-10(5-3-9)24-11-6-7-12(16)13(8-11)19(21)22/h2-8H,1H3. The molecule has 0 aliphatic carbocycles. The molecule has 3 aromatic rings. The summed E-state index contributed by atoms with van der Waals surface area (Å²) in [6.45, 7) is 0. The number of nitrogens with zero attached hydrogens (tertiary/aromatic N) is 3. The van der Waals surface area contributed by atoms with E-state index < -0.39 is 10.7 Å². The number of hydrogen-bond donors (Lipinski definition) is 0. The van der Waals surface area contributed by atoms with Crippen LogP contribution in [0.5, 0.6) is 17.6 Å². The lowest BCUT2D eigenvalue weighted by molar-refractivity contribution is -0.384. The van der Waals surface area contributed by atoms with E-state index in [0.717, 1.165) is 4.68 Å². The molecule has 25 heavy (non-hydrogen) atoms. The molecule has 0 saturated carbocycles. The van der Waals surface area contributed by atoms with Crippen LogP contribution in [0.3, 0.4) is 0 Å². The molecular weight excluding hydrogens is 354 g/mol. The number of methoxy groups -OCH3 is 1. The smallest absolute Gasteiger partial charge is 0.444 e. The molecular formula is C15H10ClN3O6. The van der Waals surface area contributed by atoms with Crippen molar-refractivity contribution in [3.63, 3.8) is 0 Å². The number of hydrogen-bond acceptors (Lipinski definition) is 7. The fraction of sp³-hybridized carbons (Fsp3) is 0.0667. The van der Waals surface area contributed by atoms with Gasteiger partial charge in [-0.05, 0) is 36.4 Å². The molecule has 9 nitrogen and oxygen atoms in total. The molecule has 1 aromatic heterocycles. The lowest BCUT2D eigenvalue weighted by atomic mass is 10.3. The predicted molar refractivity (Wildman–Crippen MR) is 86.8 cm³/mol. The zero-order chi connectivity index (χ0) is 18.0. The van der Waals surface area contributed by atoms with Crippen molar-refractivity contribution in [3.8, 4) is 23.3 Å². The first-order chi connectivity index (χ1) is 12.0. The lowest BCUT2D eigenvalue weighted by Gasteiger charge is -2.07. The molecule has 10 heteroatoms. The van der Waals surface area contributed by atoms with Crippen molar-refractivity contribution < 1.29 is 18.8 Å². The van der Waals surface area contributed by atoms with E-state index in [1.165, 1.54) is 25.3 Å². The Kier molecular flexibility index (Phi) is 4.40. The fourth-order valence-corrected chi connectivity index (χ4v) is 2.18. The molecule has 0 unspecified atom stereocenters. The summed E-state index contributed by atoms with van der Waals surface area (Å²) in [5.74, 6) is -0.0353. The zero-order valence-electron chi connectivity index (χ0n) is 12.7. The van der Waals surface area contributed by atoms with Crippen molar-refractivity contribution in [2.45, 2.75) is 0 Å². The van der Waals surface area contributed by atoms with Gasteiger partial charge in [0.25, 0.3) is 5.69 Å². The highest BCUT2D eigenvalue weighted by atomic mass is 35.5. The maximum absolute atomic E-state index is 11.7. The minimum Gasteiger partial charge on any atom is -0.457 e. The second-order valence-corrected chi connectivity index (χ2v) is 5.12. The van der Waals surface area contributed by atoms with E-state index in [1.54, 1.807) is 24.3 Å². The van der Waals surface area contributed by atoms with Crippen LogP contribution in [-0.4, -0.2) is 21.8 Å². The molecule has 0 amide bonds. The molecule has 0 N–H and O–H groups in total. The first-order valence-corrected chi connectivity index (χ1v) is 7.22. The van der Waals surface area contributed by atoms with E-state index in [1.807, 2.05) is 0 Å². The number of aromatic nitrogens is 2. The van der Waals surface area contributed by atoms with Gasteiger partial charge in [0.1, 0.15) is 16.5 Å².